The minimum atomic E-state index is -2.62. The molecule has 2 aromatic rings. The van der Waals surface area contributed by atoms with Gasteiger partial charge in [-0.05, 0) is 48.2 Å². The molecule has 0 radical (unpaired) electrons. The molecule has 1 aromatic carbocycles. The Balaban J connectivity index is 2.18. The summed E-state index contributed by atoms with van der Waals surface area (Å²) in [6, 6.07) is 9.95. The standard InChI is InChI=1S/C13H9BrF2N2OS/c14-8-3-5-9(6-4-8)18-11(19)10-2-1-7-17-12(10)20-13(15)16/h1-7,13H,(H,18,19). The van der Waals surface area contributed by atoms with Gasteiger partial charge in [0, 0.05) is 16.4 Å². The summed E-state index contributed by atoms with van der Waals surface area (Å²) in [5.74, 6) is -3.09. The Kier molecular flexibility index (Phi) is 5.08. The number of carbonyl (C=O) groups is 1. The molecule has 0 aliphatic rings. The maximum Gasteiger partial charge on any atom is 0.290 e. The van der Waals surface area contributed by atoms with E-state index < -0.39 is 11.7 Å². The molecule has 1 N–H and O–H groups in total. The molecule has 0 bridgehead atoms. The van der Waals surface area contributed by atoms with Gasteiger partial charge in [0.1, 0.15) is 5.03 Å². The van der Waals surface area contributed by atoms with Crippen LogP contribution in [0.4, 0.5) is 14.5 Å². The maximum absolute atomic E-state index is 12.4. The van der Waals surface area contributed by atoms with Crippen LogP contribution < -0.4 is 5.32 Å². The van der Waals surface area contributed by atoms with Gasteiger partial charge in [0.25, 0.3) is 11.7 Å². The number of carbonyl (C=O) groups excluding carboxylic acids is 1. The lowest BCUT2D eigenvalue weighted by Crippen LogP contribution is -2.13. The number of anilines is 1. The fraction of sp³-hybridized carbons (Fsp3) is 0.0769. The zero-order chi connectivity index (χ0) is 14.5. The van der Waals surface area contributed by atoms with E-state index >= 15 is 0 Å². The summed E-state index contributed by atoms with van der Waals surface area (Å²) in [4.78, 5) is 15.9. The number of aromatic nitrogens is 1. The smallest absolute Gasteiger partial charge is 0.290 e. The van der Waals surface area contributed by atoms with E-state index in [2.05, 4.69) is 26.2 Å². The van der Waals surface area contributed by atoms with Gasteiger partial charge in [-0.25, -0.2) is 4.98 Å². The normalized spacial score (nSPS) is 10.6. The Hall–Kier alpha value is -1.47. The fourth-order valence-corrected chi connectivity index (χ4v) is 2.32. The minimum Gasteiger partial charge on any atom is -0.322 e. The maximum atomic E-state index is 12.4. The van der Waals surface area contributed by atoms with Crippen LogP contribution >= 0.6 is 27.7 Å². The molecule has 1 aromatic heterocycles. The van der Waals surface area contributed by atoms with Gasteiger partial charge in [0.05, 0.1) is 5.56 Å². The highest BCUT2D eigenvalue weighted by atomic mass is 79.9. The van der Waals surface area contributed by atoms with Crippen LogP contribution in [0.3, 0.4) is 0 Å². The highest BCUT2D eigenvalue weighted by molar-refractivity contribution is 9.10. The molecule has 104 valence electrons. The van der Waals surface area contributed by atoms with Crippen LogP contribution in [-0.4, -0.2) is 16.6 Å². The number of pyridine rings is 1. The molecule has 1 heterocycles. The van der Waals surface area contributed by atoms with Crippen LogP contribution in [0.15, 0.2) is 52.1 Å². The molecular formula is C13H9BrF2N2OS. The average Bonchev–Trinajstić information content (AvgIpc) is 2.41. The molecule has 0 saturated heterocycles. The molecule has 3 nitrogen and oxygen atoms in total. The minimum absolute atomic E-state index is 0.0112. The summed E-state index contributed by atoms with van der Waals surface area (Å²) in [5, 5.41) is 2.65. The van der Waals surface area contributed by atoms with Crippen LogP contribution in [0.1, 0.15) is 10.4 Å². The van der Waals surface area contributed by atoms with Crippen LogP contribution in [0.25, 0.3) is 0 Å². The van der Waals surface area contributed by atoms with Gasteiger partial charge >= 0.3 is 0 Å². The van der Waals surface area contributed by atoms with Crippen LogP contribution in [0.2, 0.25) is 0 Å². The van der Waals surface area contributed by atoms with E-state index in [1.165, 1.54) is 18.3 Å². The number of hydrogen-bond acceptors (Lipinski definition) is 3. The number of benzene rings is 1. The third-order valence-electron chi connectivity index (χ3n) is 2.32. The zero-order valence-electron chi connectivity index (χ0n) is 10.0. The van der Waals surface area contributed by atoms with Crippen molar-refractivity contribution < 1.29 is 13.6 Å². The number of nitrogens with zero attached hydrogens (tertiary/aromatic N) is 1. The van der Waals surface area contributed by atoms with Crippen LogP contribution in [0.5, 0.6) is 0 Å². The SMILES string of the molecule is O=C(Nc1ccc(Br)cc1)c1cccnc1SC(F)F. The van der Waals surface area contributed by atoms with Crippen molar-refractivity contribution in [2.24, 2.45) is 0 Å². The molecular weight excluding hydrogens is 350 g/mol. The number of hydrogen-bond donors (Lipinski definition) is 1. The molecule has 0 spiro atoms. The number of nitrogens with one attached hydrogen (secondary N) is 1. The van der Waals surface area contributed by atoms with Crippen molar-refractivity contribution in [1.29, 1.82) is 0 Å². The van der Waals surface area contributed by atoms with Crippen molar-refractivity contribution in [3.05, 3.63) is 52.6 Å². The number of rotatable bonds is 4. The fourth-order valence-electron chi connectivity index (χ4n) is 1.47. The van der Waals surface area contributed by atoms with Crippen molar-refractivity contribution in [2.45, 2.75) is 10.8 Å². The molecule has 1 amide bonds. The van der Waals surface area contributed by atoms with E-state index in [0.29, 0.717) is 5.69 Å². The van der Waals surface area contributed by atoms with E-state index in [0.717, 1.165) is 4.47 Å². The number of alkyl halides is 2. The second-order valence-electron chi connectivity index (χ2n) is 3.70. The van der Waals surface area contributed by atoms with Gasteiger partial charge in [-0.15, -0.1) is 0 Å². The Morgan fingerprint density at radius 3 is 2.60 bits per heavy atom. The monoisotopic (exact) mass is 358 g/mol. The Bertz CT molecular complexity index is 608. The number of amides is 1. The largest absolute Gasteiger partial charge is 0.322 e. The molecule has 0 fully saturated rings. The van der Waals surface area contributed by atoms with E-state index in [9.17, 15) is 13.6 Å². The lowest BCUT2D eigenvalue weighted by atomic mass is 10.2. The van der Waals surface area contributed by atoms with Gasteiger partial charge < -0.3 is 5.32 Å². The first-order valence-corrected chi connectivity index (χ1v) is 7.20. The molecule has 7 heteroatoms. The van der Waals surface area contributed by atoms with E-state index in [1.54, 1.807) is 24.3 Å². The summed E-state index contributed by atoms with van der Waals surface area (Å²) >= 11 is 3.54. The number of thioether (sulfide) groups is 1. The third kappa shape index (κ3) is 4.01. The Morgan fingerprint density at radius 2 is 1.95 bits per heavy atom. The first-order chi connectivity index (χ1) is 9.56. The zero-order valence-corrected chi connectivity index (χ0v) is 12.4. The quantitative estimate of drug-likeness (QED) is 0.823. The molecule has 0 atom stereocenters. The van der Waals surface area contributed by atoms with Crippen LogP contribution in [-0.2, 0) is 0 Å². The lowest BCUT2D eigenvalue weighted by molar-refractivity contribution is 0.102. The molecule has 0 unspecified atom stereocenters. The predicted molar refractivity (Wildman–Crippen MR) is 78.2 cm³/mol. The summed E-state index contributed by atoms with van der Waals surface area (Å²) < 4.78 is 25.7. The molecule has 2 rings (SSSR count). The highest BCUT2D eigenvalue weighted by Gasteiger charge is 2.16. The molecule has 0 aliphatic carbocycles. The van der Waals surface area contributed by atoms with Crippen molar-refractivity contribution in [1.82, 2.24) is 4.98 Å². The molecule has 0 aliphatic heterocycles. The van der Waals surface area contributed by atoms with Gasteiger partial charge in [0.2, 0.25) is 0 Å². The first-order valence-electron chi connectivity index (χ1n) is 5.53. The lowest BCUT2D eigenvalue weighted by Gasteiger charge is -2.08. The van der Waals surface area contributed by atoms with Gasteiger partial charge in [-0.1, -0.05) is 15.9 Å². The van der Waals surface area contributed by atoms with Gasteiger partial charge in [0.15, 0.2) is 0 Å². The molecule has 20 heavy (non-hydrogen) atoms. The van der Waals surface area contributed by atoms with Gasteiger partial charge in [-0.2, -0.15) is 8.78 Å². The van der Waals surface area contributed by atoms with Crippen molar-refractivity contribution in [2.75, 3.05) is 5.32 Å². The van der Waals surface area contributed by atoms with Crippen molar-refractivity contribution in [3.8, 4) is 0 Å². The second-order valence-corrected chi connectivity index (χ2v) is 5.59. The van der Waals surface area contributed by atoms with Crippen molar-refractivity contribution in [3.63, 3.8) is 0 Å². The first kappa shape index (κ1) is 14.9. The summed E-state index contributed by atoms with van der Waals surface area (Å²) in [6.07, 6.45) is 1.38. The Morgan fingerprint density at radius 1 is 1.25 bits per heavy atom. The Labute approximate surface area is 126 Å². The van der Waals surface area contributed by atoms with E-state index in [4.69, 9.17) is 0 Å². The summed E-state index contributed by atoms with van der Waals surface area (Å²) in [6.45, 7) is 0. The van der Waals surface area contributed by atoms with Crippen LogP contribution in [0, 0.1) is 0 Å². The third-order valence-corrected chi connectivity index (χ3v) is 3.57. The number of halogens is 3. The highest BCUT2D eigenvalue weighted by Crippen LogP contribution is 2.26. The summed E-state index contributed by atoms with van der Waals surface area (Å²) in [5.41, 5.74) is 0.704. The van der Waals surface area contributed by atoms with E-state index in [1.807, 2.05) is 0 Å². The predicted octanol–water partition coefficient (Wildman–Crippen LogP) is 4.41. The topological polar surface area (TPSA) is 42.0 Å². The van der Waals surface area contributed by atoms with Crippen molar-refractivity contribution >= 4 is 39.3 Å². The van der Waals surface area contributed by atoms with Gasteiger partial charge in [-0.3, -0.25) is 4.79 Å². The molecule has 0 saturated carbocycles. The summed E-state index contributed by atoms with van der Waals surface area (Å²) in [7, 11) is 0. The second kappa shape index (κ2) is 6.81. The van der Waals surface area contributed by atoms with E-state index in [-0.39, 0.29) is 22.4 Å². The average molecular weight is 359 g/mol.